The summed E-state index contributed by atoms with van der Waals surface area (Å²) in [4.78, 5) is 31.6. The van der Waals surface area contributed by atoms with Crippen LogP contribution < -0.4 is 0 Å². The van der Waals surface area contributed by atoms with Crippen molar-refractivity contribution < 1.29 is 14.1 Å². The molecule has 170 valence electrons. The van der Waals surface area contributed by atoms with Crippen LogP contribution in [-0.4, -0.2) is 70.9 Å². The molecule has 5 rings (SSSR count). The fraction of sp³-hybridized carbons (Fsp3) is 0.346. The average Bonchev–Trinajstić information content (AvgIpc) is 3.26. The lowest BCUT2D eigenvalue weighted by Gasteiger charge is -2.44. The summed E-state index contributed by atoms with van der Waals surface area (Å²) in [5, 5.41) is 3.79. The molecule has 0 bridgehead atoms. The number of likely N-dealkylation sites (tertiary alicyclic amines) is 1. The van der Waals surface area contributed by atoms with E-state index in [2.05, 4.69) is 58.6 Å². The number of amides is 2. The number of hydrogen-bond donors (Lipinski definition) is 0. The molecule has 1 aromatic heterocycles. The van der Waals surface area contributed by atoms with Gasteiger partial charge in [-0.05, 0) is 18.1 Å². The molecule has 7 heteroatoms. The van der Waals surface area contributed by atoms with Gasteiger partial charge in [0.25, 0.3) is 5.91 Å². The van der Waals surface area contributed by atoms with E-state index in [9.17, 15) is 9.59 Å². The SMILES string of the molecule is Cc1cc(C(=O)N2CC(C(=O)N3CCN(C(c4ccccc4)c4ccccc4)CC3)C2)no1. The lowest BCUT2D eigenvalue weighted by atomic mass is 9.95. The second-order valence-electron chi connectivity index (χ2n) is 8.82. The molecule has 7 nitrogen and oxygen atoms in total. The van der Waals surface area contributed by atoms with E-state index in [1.54, 1.807) is 17.9 Å². The van der Waals surface area contributed by atoms with Crippen LogP contribution in [0.5, 0.6) is 0 Å². The normalized spacial score (nSPS) is 17.3. The summed E-state index contributed by atoms with van der Waals surface area (Å²) in [5.74, 6) is 0.446. The molecule has 2 fully saturated rings. The molecule has 0 saturated carbocycles. The van der Waals surface area contributed by atoms with Gasteiger partial charge in [0.05, 0.1) is 12.0 Å². The number of aromatic nitrogens is 1. The van der Waals surface area contributed by atoms with Gasteiger partial charge in [0, 0.05) is 45.3 Å². The molecule has 0 radical (unpaired) electrons. The predicted molar refractivity (Wildman–Crippen MR) is 124 cm³/mol. The fourth-order valence-electron chi connectivity index (χ4n) is 4.77. The summed E-state index contributed by atoms with van der Waals surface area (Å²) in [6.45, 7) is 5.66. The van der Waals surface area contributed by atoms with E-state index in [4.69, 9.17) is 4.52 Å². The Bertz CT molecular complexity index is 1060. The Morgan fingerprint density at radius 2 is 1.45 bits per heavy atom. The molecular formula is C26H28N4O3. The molecule has 2 aromatic carbocycles. The Morgan fingerprint density at radius 1 is 0.879 bits per heavy atom. The van der Waals surface area contributed by atoms with Crippen LogP contribution >= 0.6 is 0 Å². The van der Waals surface area contributed by atoms with Crippen LogP contribution in [-0.2, 0) is 4.79 Å². The Kier molecular flexibility index (Phi) is 5.96. The maximum absolute atomic E-state index is 13.0. The van der Waals surface area contributed by atoms with Crippen LogP contribution in [0.25, 0.3) is 0 Å². The van der Waals surface area contributed by atoms with Crippen LogP contribution in [0.2, 0.25) is 0 Å². The van der Waals surface area contributed by atoms with Gasteiger partial charge in [-0.2, -0.15) is 0 Å². The first kappa shape index (κ1) is 21.4. The molecule has 2 amide bonds. The molecule has 3 heterocycles. The molecule has 0 spiro atoms. The van der Waals surface area contributed by atoms with Crippen molar-refractivity contribution in [3.05, 3.63) is 89.3 Å². The van der Waals surface area contributed by atoms with Crippen LogP contribution in [0.4, 0.5) is 0 Å². The van der Waals surface area contributed by atoms with Gasteiger partial charge in [0.1, 0.15) is 5.76 Å². The van der Waals surface area contributed by atoms with E-state index in [0.29, 0.717) is 37.6 Å². The summed E-state index contributed by atoms with van der Waals surface area (Å²) >= 11 is 0. The zero-order valence-corrected chi connectivity index (χ0v) is 18.8. The monoisotopic (exact) mass is 444 g/mol. The van der Waals surface area contributed by atoms with Crippen molar-refractivity contribution in [1.82, 2.24) is 19.9 Å². The summed E-state index contributed by atoms with van der Waals surface area (Å²) < 4.78 is 4.99. The average molecular weight is 445 g/mol. The highest BCUT2D eigenvalue weighted by molar-refractivity contribution is 5.94. The summed E-state index contributed by atoms with van der Waals surface area (Å²) in [6, 6.07) is 22.9. The molecule has 2 aliphatic rings. The lowest BCUT2D eigenvalue weighted by Crippen LogP contribution is -2.59. The fourth-order valence-corrected chi connectivity index (χ4v) is 4.77. The van der Waals surface area contributed by atoms with Gasteiger partial charge in [-0.1, -0.05) is 65.8 Å². The molecule has 0 N–H and O–H groups in total. The standard InChI is InChI=1S/C26H28N4O3/c1-19-16-23(27-33-19)26(32)30-17-22(18-30)25(31)29-14-12-28(13-15-29)24(20-8-4-2-5-9-20)21-10-6-3-7-11-21/h2-11,16,22,24H,12-15,17-18H2,1H3. The predicted octanol–water partition coefficient (Wildman–Crippen LogP) is 2.99. The maximum Gasteiger partial charge on any atom is 0.276 e. The minimum absolute atomic E-state index is 0.132. The second-order valence-corrected chi connectivity index (χ2v) is 8.82. The highest BCUT2D eigenvalue weighted by atomic mass is 16.5. The van der Waals surface area contributed by atoms with E-state index in [1.807, 2.05) is 17.0 Å². The number of carbonyl (C=O) groups excluding carboxylic acids is 2. The van der Waals surface area contributed by atoms with Gasteiger partial charge in [-0.3, -0.25) is 14.5 Å². The molecule has 0 atom stereocenters. The molecule has 0 aliphatic carbocycles. The lowest BCUT2D eigenvalue weighted by molar-refractivity contribution is -0.141. The third-order valence-electron chi connectivity index (χ3n) is 6.59. The second kappa shape index (κ2) is 9.19. The maximum atomic E-state index is 13.0. The first-order valence-electron chi connectivity index (χ1n) is 11.5. The number of carbonyl (C=O) groups is 2. The number of aryl methyl sites for hydroxylation is 1. The van der Waals surface area contributed by atoms with Crippen LogP contribution in [0.1, 0.15) is 33.4 Å². The van der Waals surface area contributed by atoms with Gasteiger partial charge in [-0.15, -0.1) is 0 Å². The molecule has 0 unspecified atom stereocenters. The Balaban J connectivity index is 1.19. The number of nitrogens with zero attached hydrogens (tertiary/aromatic N) is 4. The Labute approximate surface area is 193 Å². The highest BCUT2D eigenvalue weighted by Crippen LogP contribution is 2.30. The van der Waals surface area contributed by atoms with Crippen molar-refractivity contribution in [2.24, 2.45) is 5.92 Å². The van der Waals surface area contributed by atoms with Crippen molar-refractivity contribution in [3.63, 3.8) is 0 Å². The van der Waals surface area contributed by atoms with Gasteiger partial charge in [-0.25, -0.2) is 0 Å². The number of piperazine rings is 1. The molecular weight excluding hydrogens is 416 g/mol. The zero-order chi connectivity index (χ0) is 22.8. The smallest absolute Gasteiger partial charge is 0.276 e. The third-order valence-corrected chi connectivity index (χ3v) is 6.59. The van der Waals surface area contributed by atoms with E-state index in [0.717, 1.165) is 13.1 Å². The first-order valence-corrected chi connectivity index (χ1v) is 11.5. The van der Waals surface area contributed by atoms with Crippen LogP contribution in [0.15, 0.2) is 71.3 Å². The molecule has 3 aromatic rings. The van der Waals surface area contributed by atoms with Gasteiger partial charge in [0.15, 0.2) is 5.69 Å². The van der Waals surface area contributed by atoms with E-state index < -0.39 is 0 Å². The quantitative estimate of drug-likeness (QED) is 0.605. The number of hydrogen-bond acceptors (Lipinski definition) is 5. The largest absolute Gasteiger partial charge is 0.361 e. The molecule has 33 heavy (non-hydrogen) atoms. The Morgan fingerprint density at radius 3 is 1.97 bits per heavy atom. The van der Waals surface area contributed by atoms with Gasteiger partial charge >= 0.3 is 0 Å². The summed E-state index contributed by atoms with van der Waals surface area (Å²) in [6.07, 6.45) is 0. The topological polar surface area (TPSA) is 69.9 Å². The summed E-state index contributed by atoms with van der Waals surface area (Å²) in [5.41, 5.74) is 2.83. The third kappa shape index (κ3) is 4.41. The van der Waals surface area contributed by atoms with Crippen LogP contribution in [0, 0.1) is 12.8 Å². The molecule has 2 saturated heterocycles. The molecule has 2 aliphatic heterocycles. The van der Waals surface area contributed by atoms with E-state index in [1.165, 1.54) is 11.1 Å². The van der Waals surface area contributed by atoms with Crippen LogP contribution in [0.3, 0.4) is 0 Å². The van der Waals surface area contributed by atoms with Crippen molar-refractivity contribution in [2.75, 3.05) is 39.3 Å². The minimum atomic E-state index is -0.172. The van der Waals surface area contributed by atoms with E-state index >= 15 is 0 Å². The van der Waals surface area contributed by atoms with Gasteiger partial charge < -0.3 is 14.3 Å². The van der Waals surface area contributed by atoms with Crippen molar-refractivity contribution in [3.8, 4) is 0 Å². The zero-order valence-electron chi connectivity index (χ0n) is 18.8. The number of benzene rings is 2. The highest BCUT2D eigenvalue weighted by Gasteiger charge is 2.40. The first-order chi connectivity index (χ1) is 16.1. The van der Waals surface area contributed by atoms with E-state index in [-0.39, 0.29) is 23.8 Å². The minimum Gasteiger partial charge on any atom is -0.361 e. The number of rotatable bonds is 5. The van der Waals surface area contributed by atoms with Gasteiger partial charge in [0.2, 0.25) is 5.91 Å². The Hall–Kier alpha value is -3.45. The van der Waals surface area contributed by atoms with Crippen molar-refractivity contribution >= 4 is 11.8 Å². The van der Waals surface area contributed by atoms with Crippen molar-refractivity contribution in [1.29, 1.82) is 0 Å². The summed E-state index contributed by atoms with van der Waals surface area (Å²) in [7, 11) is 0. The van der Waals surface area contributed by atoms with Crippen molar-refractivity contribution in [2.45, 2.75) is 13.0 Å².